The lowest BCUT2D eigenvalue weighted by atomic mass is 9.78. The summed E-state index contributed by atoms with van der Waals surface area (Å²) in [5.41, 5.74) is 2.47. The Morgan fingerprint density at radius 1 is 1.17 bits per heavy atom. The maximum absolute atomic E-state index is 13.4. The molecule has 4 rings (SSSR count). The predicted molar refractivity (Wildman–Crippen MR) is 104 cm³/mol. The van der Waals surface area contributed by atoms with Gasteiger partial charge in [0, 0.05) is 24.1 Å². The molecule has 1 aromatic carbocycles. The van der Waals surface area contributed by atoms with E-state index in [0.717, 1.165) is 24.0 Å². The van der Waals surface area contributed by atoms with Crippen molar-refractivity contribution in [2.75, 3.05) is 13.1 Å². The van der Waals surface area contributed by atoms with Crippen LogP contribution in [0, 0.1) is 13.8 Å². The molecule has 1 amide bonds. The summed E-state index contributed by atoms with van der Waals surface area (Å²) in [6.07, 6.45) is 0.141. The van der Waals surface area contributed by atoms with Crippen LogP contribution in [0.4, 0.5) is 8.78 Å². The summed E-state index contributed by atoms with van der Waals surface area (Å²) in [6, 6.07) is 7.20. The van der Waals surface area contributed by atoms with Crippen LogP contribution in [0.2, 0.25) is 0 Å². The van der Waals surface area contributed by atoms with Crippen LogP contribution < -0.4 is 0 Å². The third-order valence-electron chi connectivity index (χ3n) is 5.57. The Hall–Kier alpha value is -2.90. The number of aromatic nitrogens is 4. The molecule has 1 saturated heterocycles. The molecule has 3 heterocycles. The first kappa shape index (κ1) is 19.4. The van der Waals surface area contributed by atoms with Crippen molar-refractivity contribution in [3.05, 3.63) is 58.7 Å². The molecule has 0 spiro atoms. The van der Waals surface area contributed by atoms with Crippen LogP contribution in [0.15, 0.2) is 30.6 Å². The van der Waals surface area contributed by atoms with Gasteiger partial charge in [0.1, 0.15) is 12.0 Å². The van der Waals surface area contributed by atoms with Crippen molar-refractivity contribution in [2.45, 2.75) is 45.5 Å². The monoisotopic (exact) mass is 399 g/mol. The predicted octanol–water partition coefficient (Wildman–Crippen LogP) is 3.87. The number of aryl methyl sites for hydroxylation is 2. The molecule has 0 bridgehead atoms. The average molecular weight is 399 g/mol. The van der Waals surface area contributed by atoms with E-state index in [0.29, 0.717) is 24.3 Å². The SMILES string of the molecule is Cc1cc(C)cc(C(=O)N2CCC[C@](C)(c3cc(C(F)F)nc4ncnn34)C2)c1. The second-order valence-corrected chi connectivity index (χ2v) is 8.11. The van der Waals surface area contributed by atoms with E-state index in [2.05, 4.69) is 15.1 Å². The Morgan fingerprint density at radius 2 is 1.90 bits per heavy atom. The molecule has 1 atom stereocenters. The Labute approximate surface area is 167 Å². The molecule has 3 aromatic rings. The molecule has 6 nitrogen and oxygen atoms in total. The summed E-state index contributed by atoms with van der Waals surface area (Å²) in [5.74, 6) is 0.109. The standard InChI is InChI=1S/C21H23F2N5O/c1-13-7-14(2)9-15(8-13)19(29)27-6-4-5-21(3,11-27)17-10-16(18(22)23)26-20-24-12-25-28(17)20/h7-10,12,18H,4-6,11H2,1-3H3/t21-/m0/s1. The molecule has 1 fully saturated rings. The molecule has 29 heavy (non-hydrogen) atoms. The van der Waals surface area contributed by atoms with E-state index in [4.69, 9.17) is 0 Å². The van der Waals surface area contributed by atoms with Crippen molar-refractivity contribution >= 4 is 11.7 Å². The first-order chi connectivity index (χ1) is 13.8. The smallest absolute Gasteiger partial charge is 0.280 e. The van der Waals surface area contributed by atoms with Gasteiger partial charge in [0.25, 0.3) is 18.1 Å². The van der Waals surface area contributed by atoms with Crippen LogP contribution in [0.1, 0.15) is 59.1 Å². The second kappa shape index (κ2) is 7.17. The number of amides is 1. The lowest BCUT2D eigenvalue weighted by molar-refractivity contribution is 0.0644. The van der Waals surface area contributed by atoms with Crippen LogP contribution in [-0.2, 0) is 5.41 Å². The summed E-state index contributed by atoms with van der Waals surface area (Å²) in [5, 5.41) is 4.19. The number of hydrogen-bond acceptors (Lipinski definition) is 4. The minimum absolute atomic E-state index is 0.0410. The minimum Gasteiger partial charge on any atom is -0.338 e. The first-order valence-corrected chi connectivity index (χ1v) is 9.64. The van der Waals surface area contributed by atoms with Gasteiger partial charge in [-0.3, -0.25) is 4.79 Å². The molecule has 152 valence electrons. The quantitative estimate of drug-likeness (QED) is 0.671. The summed E-state index contributed by atoms with van der Waals surface area (Å²) in [7, 11) is 0. The maximum atomic E-state index is 13.4. The number of nitrogens with zero attached hydrogens (tertiary/aromatic N) is 5. The number of carbonyl (C=O) groups is 1. The van der Waals surface area contributed by atoms with Crippen LogP contribution >= 0.6 is 0 Å². The van der Waals surface area contributed by atoms with Crippen LogP contribution in [0.5, 0.6) is 0 Å². The van der Waals surface area contributed by atoms with Crippen molar-refractivity contribution in [3.63, 3.8) is 0 Å². The molecule has 0 saturated carbocycles. The second-order valence-electron chi connectivity index (χ2n) is 8.11. The van der Waals surface area contributed by atoms with Gasteiger partial charge >= 0.3 is 0 Å². The molecule has 0 N–H and O–H groups in total. The Morgan fingerprint density at radius 3 is 2.59 bits per heavy atom. The highest BCUT2D eigenvalue weighted by Crippen LogP contribution is 2.35. The Bertz CT molecular complexity index is 1060. The number of rotatable bonds is 3. The zero-order valence-corrected chi connectivity index (χ0v) is 16.7. The van der Waals surface area contributed by atoms with Crippen molar-refractivity contribution in [3.8, 4) is 0 Å². The summed E-state index contributed by atoms with van der Waals surface area (Å²) < 4.78 is 28.3. The highest BCUT2D eigenvalue weighted by atomic mass is 19.3. The maximum Gasteiger partial charge on any atom is 0.280 e. The van der Waals surface area contributed by atoms with Gasteiger partial charge in [0.05, 0.1) is 5.69 Å². The fraction of sp³-hybridized carbons (Fsp3) is 0.429. The fourth-order valence-corrected chi connectivity index (χ4v) is 4.27. The molecule has 8 heteroatoms. The van der Waals surface area contributed by atoms with Crippen LogP contribution in [-0.4, -0.2) is 43.5 Å². The third-order valence-corrected chi connectivity index (χ3v) is 5.57. The number of likely N-dealkylation sites (tertiary alicyclic amines) is 1. The van der Waals surface area contributed by atoms with Crippen LogP contribution in [0.3, 0.4) is 0 Å². The van der Waals surface area contributed by atoms with E-state index in [1.54, 1.807) is 0 Å². The lowest BCUT2D eigenvalue weighted by Gasteiger charge is -2.40. The van der Waals surface area contributed by atoms with E-state index in [1.807, 2.05) is 43.9 Å². The molecular formula is C21H23F2N5O. The number of fused-ring (bicyclic) bond motifs is 1. The van der Waals surface area contributed by atoms with Gasteiger partial charge < -0.3 is 4.90 Å². The summed E-state index contributed by atoms with van der Waals surface area (Å²) in [4.78, 5) is 22.9. The van der Waals surface area contributed by atoms with E-state index >= 15 is 0 Å². The van der Waals surface area contributed by atoms with Gasteiger partial charge in [-0.05, 0) is 44.9 Å². The van der Waals surface area contributed by atoms with E-state index < -0.39 is 11.8 Å². The number of alkyl halides is 2. The number of carbonyl (C=O) groups excluding carboxylic acids is 1. The van der Waals surface area contributed by atoms with Gasteiger partial charge in [0.2, 0.25) is 0 Å². The zero-order chi connectivity index (χ0) is 20.8. The molecule has 0 radical (unpaired) electrons. The van der Waals surface area contributed by atoms with Gasteiger partial charge in [-0.25, -0.2) is 18.3 Å². The van der Waals surface area contributed by atoms with Crippen molar-refractivity contribution in [1.82, 2.24) is 24.5 Å². The van der Waals surface area contributed by atoms with Crippen molar-refractivity contribution in [2.24, 2.45) is 0 Å². The normalized spacial score (nSPS) is 19.9. The van der Waals surface area contributed by atoms with E-state index in [9.17, 15) is 13.6 Å². The number of benzene rings is 1. The van der Waals surface area contributed by atoms with Crippen molar-refractivity contribution in [1.29, 1.82) is 0 Å². The zero-order valence-electron chi connectivity index (χ0n) is 16.7. The summed E-state index contributed by atoms with van der Waals surface area (Å²) in [6.45, 7) is 6.97. The largest absolute Gasteiger partial charge is 0.338 e. The van der Waals surface area contributed by atoms with Gasteiger partial charge in [-0.1, -0.05) is 24.1 Å². The molecule has 1 aliphatic heterocycles. The topological polar surface area (TPSA) is 63.4 Å². The Kier molecular flexibility index (Phi) is 4.80. The van der Waals surface area contributed by atoms with E-state index in [-0.39, 0.29) is 17.4 Å². The van der Waals surface area contributed by atoms with Gasteiger partial charge in [0.15, 0.2) is 0 Å². The van der Waals surface area contributed by atoms with E-state index in [1.165, 1.54) is 16.9 Å². The van der Waals surface area contributed by atoms with Crippen molar-refractivity contribution < 1.29 is 13.6 Å². The van der Waals surface area contributed by atoms with Gasteiger partial charge in [-0.2, -0.15) is 10.1 Å². The lowest BCUT2D eigenvalue weighted by Crippen LogP contribution is -2.48. The third kappa shape index (κ3) is 3.59. The minimum atomic E-state index is -2.70. The molecule has 0 unspecified atom stereocenters. The molecule has 1 aliphatic rings. The first-order valence-electron chi connectivity index (χ1n) is 9.64. The molecule has 2 aromatic heterocycles. The highest BCUT2D eigenvalue weighted by Gasteiger charge is 2.38. The van der Waals surface area contributed by atoms with Crippen LogP contribution in [0.25, 0.3) is 5.78 Å². The number of halogens is 2. The Balaban J connectivity index is 1.71. The fourth-order valence-electron chi connectivity index (χ4n) is 4.27. The summed E-state index contributed by atoms with van der Waals surface area (Å²) >= 11 is 0. The molecular weight excluding hydrogens is 376 g/mol. The number of piperidine rings is 1. The molecule has 0 aliphatic carbocycles. The average Bonchev–Trinajstić information content (AvgIpc) is 3.14. The number of hydrogen-bond donors (Lipinski definition) is 0. The van der Waals surface area contributed by atoms with Gasteiger partial charge in [-0.15, -0.1) is 0 Å². The highest BCUT2D eigenvalue weighted by molar-refractivity contribution is 5.94.